The lowest BCUT2D eigenvalue weighted by atomic mass is 10.5. The molecule has 0 aromatic rings. The summed E-state index contributed by atoms with van der Waals surface area (Å²) in [6.07, 6.45) is 0. The van der Waals surface area contributed by atoms with Gasteiger partial charge in [0.25, 0.3) is 0 Å². The largest absolute Gasteiger partial charge is 0.359 e. The van der Waals surface area contributed by atoms with Crippen LogP contribution in [-0.4, -0.2) is 26.2 Å². The second-order valence-electron chi connectivity index (χ2n) is 1.55. The van der Waals surface area contributed by atoms with Crippen LogP contribution in [0.15, 0.2) is 0 Å². The summed E-state index contributed by atoms with van der Waals surface area (Å²) in [6, 6.07) is 0. The lowest BCUT2D eigenvalue weighted by molar-refractivity contribution is -0.121. The molecule has 0 heterocycles. The maximum atomic E-state index is 10.2. The van der Waals surface area contributed by atoms with Gasteiger partial charge in [-0.25, -0.2) is 0 Å². The summed E-state index contributed by atoms with van der Waals surface area (Å²) in [4.78, 5) is 10.2. The molecule has 48 valence electrons. The van der Waals surface area contributed by atoms with Crippen LogP contribution < -0.4 is 5.32 Å². The van der Waals surface area contributed by atoms with Gasteiger partial charge in [-0.3, -0.25) is 10.1 Å². The van der Waals surface area contributed by atoms with Crippen molar-refractivity contribution in [3.8, 4) is 0 Å². The van der Waals surface area contributed by atoms with Gasteiger partial charge in [0.05, 0.1) is 6.73 Å². The Labute approximate surface area is 49.0 Å². The van der Waals surface area contributed by atoms with E-state index in [1.165, 1.54) is 6.92 Å². The molecule has 0 atom stereocenters. The van der Waals surface area contributed by atoms with E-state index in [9.17, 15) is 4.79 Å². The molecular weight excluding hydrogens is 106 g/mol. The predicted molar refractivity (Wildman–Crippen MR) is 30.6 cm³/mol. The van der Waals surface area contributed by atoms with Crippen molar-refractivity contribution in [2.45, 2.75) is 6.92 Å². The van der Waals surface area contributed by atoms with Crippen molar-refractivity contribution >= 4 is 5.78 Å². The summed E-state index contributed by atoms with van der Waals surface area (Å²) in [7, 11) is 1.76. The number of rotatable bonds is 4. The molecule has 0 spiro atoms. The normalized spacial score (nSPS) is 9.25. The fourth-order valence-corrected chi connectivity index (χ4v) is 0.297. The number of carbonyl (C=O) groups is 1. The number of carbonyl (C=O) groups excluding carboxylic acids is 1. The summed E-state index contributed by atoms with van der Waals surface area (Å²) in [5.74, 6) is 0.0558. The maximum Gasteiger partial charge on any atom is 0.155 e. The van der Waals surface area contributed by atoms with Crippen molar-refractivity contribution in [1.29, 1.82) is 0 Å². The first kappa shape index (κ1) is 7.59. The van der Waals surface area contributed by atoms with Crippen LogP contribution in [-0.2, 0) is 9.53 Å². The van der Waals surface area contributed by atoms with Crippen molar-refractivity contribution in [2.75, 3.05) is 20.4 Å². The topological polar surface area (TPSA) is 38.3 Å². The molecule has 0 fully saturated rings. The molecule has 0 aromatic carbocycles. The zero-order chi connectivity index (χ0) is 6.41. The Morgan fingerprint density at radius 2 is 2.38 bits per heavy atom. The molecule has 0 bridgehead atoms. The number of Topliss-reactive ketones (excluding diaryl/α,β-unsaturated/α-hetero) is 1. The molecule has 3 heteroatoms. The average Bonchev–Trinajstić information content (AvgIpc) is 1.66. The second kappa shape index (κ2) is 4.74. The lowest BCUT2D eigenvalue weighted by Gasteiger charge is -1.96. The number of ether oxygens (including phenoxy) is 1. The summed E-state index contributed by atoms with van der Waals surface area (Å²) in [5.41, 5.74) is 0. The molecule has 0 aliphatic heterocycles. The molecule has 0 saturated carbocycles. The summed E-state index contributed by atoms with van der Waals surface area (Å²) in [6.45, 7) is 2.15. The Hall–Kier alpha value is -0.410. The molecule has 0 aliphatic carbocycles. The summed E-state index contributed by atoms with van der Waals surface area (Å²) < 4.78 is 4.78. The van der Waals surface area contributed by atoms with Gasteiger partial charge in [-0.2, -0.15) is 0 Å². The highest BCUT2D eigenvalue weighted by molar-refractivity contribution is 5.76. The molecule has 0 aromatic heterocycles. The van der Waals surface area contributed by atoms with Crippen LogP contribution in [0.2, 0.25) is 0 Å². The Balaban J connectivity index is 2.82. The van der Waals surface area contributed by atoms with Crippen LogP contribution in [0.4, 0.5) is 0 Å². The Morgan fingerprint density at radius 1 is 1.75 bits per heavy atom. The van der Waals surface area contributed by atoms with Gasteiger partial charge in [0.2, 0.25) is 0 Å². The molecule has 0 rings (SSSR count). The minimum atomic E-state index is 0.0558. The summed E-state index contributed by atoms with van der Waals surface area (Å²) >= 11 is 0. The molecule has 0 unspecified atom stereocenters. The quantitative estimate of drug-likeness (QED) is 0.408. The van der Waals surface area contributed by atoms with Crippen molar-refractivity contribution in [2.24, 2.45) is 0 Å². The van der Waals surface area contributed by atoms with Crippen LogP contribution in [0, 0.1) is 0 Å². The van der Waals surface area contributed by atoms with Crippen LogP contribution in [0.25, 0.3) is 0 Å². The molecule has 0 amide bonds. The fourth-order valence-electron chi connectivity index (χ4n) is 0.297. The van der Waals surface area contributed by atoms with Gasteiger partial charge >= 0.3 is 0 Å². The third-order valence-corrected chi connectivity index (χ3v) is 0.552. The zero-order valence-electron chi connectivity index (χ0n) is 5.23. The first-order chi connectivity index (χ1) is 3.77. The van der Waals surface area contributed by atoms with E-state index < -0.39 is 0 Å². The Kier molecular flexibility index (Phi) is 4.50. The van der Waals surface area contributed by atoms with Crippen LogP contribution in [0.3, 0.4) is 0 Å². The molecule has 0 radical (unpaired) electrons. The Bertz CT molecular complexity index is 72.8. The van der Waals surface area contributed by atoms with Gasteiger partial charge in [-0.1, -0.05) is 0 Å². The first-order valence-corrected chi connectivity index (χ1v) is 2.49. The van der Waals surface area contributed by atoms with Crippen LogP contribution in [0.5, 0.6) is 0 Å². The monoisotopic (exact) mass is 117 g/mol. The molecule has 1 N–H and O–H groups in total. The van der Waals surface area contributed by atoms with Crippen molar-refractivity contribution < 1.29 is 9.53 Å². The Morgan fingerprint density at radius 3 is 2.75 bits per heavy atom. The van der Waals surface area contributed by atoms with Crippen molar-refractivity contribution in [3.05, 3.63) is 0 Å². The molecular formula is C5H11NO2. The fraction of sp³-hybridized carbons (Fsp3) is 0.800. The standard InChI is InChI=1S/C5H11NO2/c1-5(7)3-8-4-6-2/h6H,3-4H2,1-2H3. The van der Waals surface area contributed by atoms with E-state index in [-0.39, 0.29) is 12.4 Å². The van der Waals surface area contributed by atoms with E-state index in [1.54, 1.807) is 7.05 Å². The minimum Gasteiger partial charge on any atom is -0.359 e. The highest BCUT2D eigenvalue weighted by atomic mass is 16.5. The van der Waals surface area contributed by atoms with Gasteiger partial charge in [0, 0.05) is 0 Å². The van der Waals surface area contributed by atoms with Gasteiger partial charge in [-0.05, 0) is 14.0 Å². The predicted octanol–water partition coefficient (Wildman–Crippen LogP) is -0.231. The zero-order valence-corrected chi connectivity index (χ0v) is 5.23. The maximum absolute atomic E-state index is 10.2. The second-order valence-corrected chi connectivity index (χ2v) is 1.55. The summed E-state index contributed by atoms with van der Waals surface area (Å²) in [5, 5.41) is 2.75. The number of hydrogen-bond acceptors (Lipinski definition) is 3. The van der Waals surface area contributed by atoms with E-state index in [1.807, 2.05) is 0 Å². The van der Waals surface area contributed by atoms with Gasteiger partial charge in [0.1, 0.15) is 6.61 Å². The number of hydrogen-bond donors (Lipinski definition) is 1. The minimum absolute atomic E-state index is 0.0558. The molecule has 3 nitrogen and oxygen atoms in total. The molecule has 0 saturated heterocycles. The van der Waals surface area contributed by atoms with Gasteiger partial charge in [-0.15, -0.1) is 0 Å². The highest BCUT2D eigenvalue weighted by Crippen LogP contribution is 1.70. The smallest absolute Gasteiger partial charge is 0.155 e. The first-order valence-electron chi connectivity index (χ1n) is 2.49. The average molecular weight is 117 g/mol. The van der Waals surface area contributed by atoms with Crippen molar-refractivity contribution in [3.63, 3.8) is 0 Å². The van der Waals surface area contributed by atoms with E-state index in [2.05, 4.69) is 5.32 Å². The number of ketones is 1. The van der Waals surface area contributed by atoms with Gasteiger partial charge < -0.3 is 4.74 Å². The third kappa shape index (κ3) is 5.59. The lowest BCUT2D eigenvalue weighted by Crippen LogP contribution is -2.15. The van der Waals surface area contributed by atoms with Crippen LogP contribution >= 0.6 is 0 Å². The van der Waals surface area contributed by atoms with Crippen LogP contribution in [0.1, 0.15) is 6.92 Å². The number of nitrogens with one attached hydrogen (secondary N) is 1. The molecule has 8 heavy (non-hydrogen) atoms. The van der Waals surface area contributed by atoms with E-state index >= 15 is 0 Å². The highest BCUT2D eigenvalue weighted by Gasteiger charge is 1.88. The van der Waals surface area contributed by atoms with Crippen molar-refractivity contribution in [1.82, 2.24) is 5.32 Å². The van der Waals surface area contributed by atoms with E-state index in [0.29, 0.717) is 6.73 Å². The SMILES string of the molecule is CNCOCC(C)=O. The third-order valence-electron chi connectivity index (χ3n) is 0.552. The van der Waals surface area contributed by atoms with E-state index in [0.717, 1.165) is 0 Å². The molecule has 0 aliphatic rings. The van der Waals surface area contributed by atoms with E-state index in [4.69, 9.17) is 4.74 Å². The van der Waals surface area contributed by atoms with Gasteiger partial charge in [0.15, 0.2) is 5.78 Å².